The van der Waals surface area contributed by atoms with Crippen LogP contribution in [0.2, 0.25) is 0 Å². The molecule has 3 atom stereocenters. The molecule has 3 unspecified atom stereocenters. The van der Waals surface area contributed by atoms with Crippen molar-refractivity contribution in [2.75, 3.05) is 13.2 Å². The number of aromatic nitrogens is 1. The predicted octanol–water partition coefficient (Wildman–Crippen LogP) is -1.14. The highest BCUT2D eigenvalue weighted by Crippen LogP contribution is 2.19. The first-order valence-corrected chi connectivity index (χ1v) is 10.2. The SMILES string of the molecule is CC(C)C(N)C(=O)NCC(=O)NC(CO)C(=O)NC(Cc1c[nH]c2ccccc12)C(=O)O. The summed E-state index contributed by atoms with van der Waals surface area (Å²) in [6, 6.07) is 3.88. The molecule has 3 amide bonds. The molecule has 0 aliphatic rings. The van der Waals surface area contributed by atoms with Crippen molar-refractivity contribution < 1.29 is 29.4 Å². The van der Waals surface area contributed by atoms with Crippen molar-refractivity contribution in [3.63, 3.8) is 0 Å². The van der Waals surface area contributed by atoms with E-state index in [1.54, 1.807) is 20.0 Å². The van der Waals surface area contributed by atoms with Crippen molar-refractivity contribution in [1.82, 2.24) is 20.9 Å². The Morgan fingerprint density at radius 3 is 2.38 bits per heavy atom. The van der Waals surface area contributed by atoms with Crippen LogP contribution in [0, 0.1) is 5.92 Å². The van der Waals surface area contributed by atoms with Crippen molar-refractivity contribution >= 4 is 34.6 Å². The fourth-order valence-electron chi connectivity index (χ4n) is 3.02. The largest absolute Gasteiger partial charge is 0.480 e. The van der Waals surface area contributed by atoms with Gasteiger partial charge in [0.05, 0.1) is 19.2 Å². The second-order valence-electron chi connectivity index (χ2n) is 7.75. The molecule has 0 spiro atoms. The van der Waals surface area contributed by atoms with Crippen LogP contribution in [0.5, 0.6) is 0 Å². The van der Waals surface area contributed by atoms with Crippen molar-refractivity contribution in [3.8, 4) is 0 Å². The summed E-state index contributed by atoms with van der Waals surface area (Å²) in [5.41, 5.74) is 7.22. The second-order valence-corrected chi connectivity index (χ2v) is 7.75. The number of amides is 3. The molecule has 0 saturated heterocycles. The van der Waals surface area contributed by atoms with E-state index in [1.807, 2.05) is 24.3 Å². The highest BCUT2D eigenvalue weighted by molar-refractivity contribution is 5.93. The normalized spacial score (nSPS) is 13.9. The Balaban J connectivity index is 1.96. The molecule has 0 fully saturated rings. The first kappa shape index (κ1) is 24.8. The molecule has 1 aromatic carbocycles. The molecule has 0 aliphatic heterocycles. The lowest BCUT2D eigenvalue weighted by molar-refractivity contribution is -0.142. The van der Waals surface area contributed by atoms with Gasteiger partial charge in [-0.1, -0.05) is 32.0 Å². The molecule has 0 bridgehead atoms. The lowest BCUT2D eigenvalue weighted by Crippen LogP contribution is -2.55. The van der Waals surface area contributed by atoms with E-state index in [0.717, 1.165) is 10.9 Å². The number of para-hydroxylation sites is 1. The van der Waals surface area contributed by atoms with E-state index in [4.69, 9.17) is 5.73 Å². The fraction of sp³-hybridized carbons (Fsp3) is 0.429. The Kier molecular flexibility index (Phi) is 8.73. The maximum absolute atomic E-state index is 12.5. The molecule has 174 valence electrons. The summed E-state index contributed by atoms with van der Waals surface area (Å²) in [7, 11) is 0. The van der Waals surface area contributed by atoms with Gasteiger partial charge in [0, 0.05) is 23.5 Å². The number of fused-ring (bicyclic) bond motifs is 1. The first-order chi connectivity index (χ1) is 15.1. The minimum atomic E-state index is -1.39. The topological polar surface area (TPSA) is 187 Å². The predicted molar refractivity (Wildman–Crippen MR) is 116 cm³/mol. The number of rotatable bonds is 11. The zero-order chi connectivity index (χ0) is 23.8. The van der Waals surface area contributed by atoms with Crippen LogP contribution in [-0.2, 0) is 25.6 Å². The third kappa shape index (κ3) is 6.53. The maximum Gasteiger partial charge on any atom is 0.326 e. The summed E-state index contributed by atoms with van der Waals surface area (Å²) in [6.07, 6.45) is 1.67. The number of carboxylic acids is 1. The summed E-state index contributed by atoms with van der Waals surface area (Å²) < 4.78 is 0. The van der Waals surface area contributed by atoms with Crippen LogP contribution in [0.1, 0.15) is 19.4 Å². The van der Waals surface area contributed by atoms with Gasteiger partial charge in [0.25, 0.3) is 0 Å². The lowest BCUT2D eigenvalue weighted by Gasteiger charge is -2.20. The smallest absolute Gasteiger partial charge is 0.326 e. The summed E-state index contributed by atoms with van der Waals surface area (Å²) in [5, 5.41) is 26.8. The van der Waals surface area contributed by atoms with Gasteiger partial charge in [-0.2, -0.15) is 0 Å². The quantitative estimate of drug-likeness (QED) is 0.227. The number of carbonyl (C=O) groups excluding carboxylic acids is 3. The molecule has 8 N–H and O–H groups in total. The van der Waals surface area contributed by atoms with E-state index in [2.05, 4.69) is 20.9 Å². The zero-order valence-electron chi connectivity index (χ0n) is 17.9. The fourth-order valence-corrected chi connectivity index (χ4v) is 3.02. The monoisotopic (exact) mass is 447 g/mol. The van der Waals surface area contributed by atoms with Gasteiger partial charge >= 0.3 is 5.97 Å². The lowest BCUT2D eigenvalue weighted by atomic mass is 10.0. The Hall–Kier alpha value is -3.44. The van der Waals surface area contributed by atoms with Gasteiger partial charge < -0.3 is 36.9 Å². The Labute approximate surface area is 184 Å². The Bertz CT molecular complexity index is 972. The van der Waals surface area contributed by atoms with Crippen LogP contribution in [0.15, 0.2) is 30.5 Å². The second kappa shape index (κ2) is 11.3. The molecule has 32 heavy (non-hydrogen) atoms. The summed E-state index contributed by atoms with van der Waals surface area (Å²) in [5.74, 6) is -3.50. The van der Waals surface area contributed by atoms with E-state index < -0.39 is 55.0 Å². The number of aromatic amines is 1. The average molecular weight is 447 g/mol. The van der Waals surface area contributed by atoms with E-state index in [0.29, 0.717) is 5.56 Å². The van der Waals surface area contributed by atoms with Crippen molar-refractivity contribution in [2.45, 2.75) is 38.4 Å². The highest BCUT2D eigenvalue weighted by atomic mass is 16.4. The van der Waals surface area contributed by atoms with Gasteiger partial charge in [-0.15, -0.1) is 0 Å². The van der Waals surface area contributed by atoms with Gasteiger partial charge in [0.2, 0.25) is 17.7 Å². The molecule has 1 aromatic heterocycles. The summed E-state index contributed by atoms with van der Waals surface area (Å²) in [4.78, 5) is 51.1. The molecular formula is C21H29N5O6. The van der Waals surface area contributed by atoms with Crippen molar-refractivity contribution in [2.24, 2.45) is 11.7 Å². The standard InChI is InChI=1S/C21H29N5O6/c1-11(2)18(22)20(30)24-9-17(28)25-16(10-27)19(29)26-15(21(31)32)7-12-8-23-14-6-4-3-5-13(12)14/h3-6,8,11,15-16,18,23,27H,7,9-10,22H2,1-2H3,(H,24,30)(H,25,28)(H,26,29)(H,31,32). The number of benzene rings is 1. The van der Waals surface area contributed by atoms with E-state index in [-0.39, 0.29) is 12.3 Å². The third-order valence-electron chi connectivity index (χ3n) is 4.99. The molecule has 1 heterocycles. The minimum absolute atomic E-state index is 0.000327. The molecule has 2 rings (SSSR count). The highest BCUT2D eigenvalue weighted by Gasteiger charge is 2.27. The third-order valence-corrected chi connectivity index (χ3v) is 4.99. The number of aliphatic hydroxyl groups is 1. The van der Waals surface area contributed by atoms with Crippen LogP contribution >= 0.6 is 0 Å². The number of nitrogens with one attached hydrogen (secondary N) is 4. The number of aliphatic hydroxyl groups excluding tert-OH is 1. The molecular weight excluding hydrogens is 418 g/mol. The molecule has 0 aliphatic carbocycles. The molecule has 11 nitrogen and oxygen atoms in total. The van der Waals surface area contributed by atoms with E-state index >= 15 is 0 Å². The summed E-state index contributed by atoms with van der Waals surface area (Å²) >= 11 is 0. The van der Waals surface area contributed by atoms with Crippen LogP contribution in [-0.4, -0.2) is 70.2 Å². The van der Waals surface area contributed by atoms with Gasteiger partial charge in [0.15, 0.2) is 0 Å². The van der Waals surface area contributed by atoms with Gasteiger partial charge in [0.1, 0.15) is 12.1 Å². The molecule has 2 aromatic rings. The van der Waals surface area contributed by atoms with Gasteiger partial charge in [-0.3, -0.25) is 14.4 Å². The van der Waals surface area contributed by atoms with Gasteiger partial charge in [-0.05, 0) is 17.5 Å². The number of aliphatic carboxylic acids is 1. The Morgan fingerprint density at radius 1 is 1.06 bits per heavy atom. The van der Waals surface area contributed by atoms with Crippen LogP contribution in [0.3, 0.4) is 0 Å². The van der Waals surface area contributed by atoms with E-state index in [9.17, 15) is 29.4 Å². The number of carbonyl (C=O) groups is 4. The van der Waals surface area contributed by atoms with E-state index in [1.165, 1.54) is 0 Å². The van der Waals surface area contributed by atoms with Crippen LogP contribution in [0.25, 0.3) is 10.9 Å². The number of H-pyrrole nitrogens is 1. The average Bonchev–Trinajstić information content (AvgIpc) is 3.17. The number of nitrogens with two attached hydrogens (primary N) is 1. The number of hydrogen-bond acceptors (Lipinski definition) is 6. The van der Waals surface area contributed by atoms with Crippen molar-refractivity contribution in [1.29, 1.82) is 0 Å². The Morgan fingerprint density at radius 2 is 1.75 bits per heavy atom. The number of hydrogen-bond donors (Lipinski definition) is 7. The van der Waals surface area contributed by atoms with Crippen LogP contribution in [0.4, 0.5) is 0 Å². The zero-order valence-corrected chi connectivity index (χ0v) is 17.9. The first-order valence-electron chi connectivity index (χ1n) is 10.2. The summed E-state index contributed by atoms with van der Waals surface area (Å²) in [6.45, 7) is 2.31. The maximum atomic E-state index is 12.5. The molecule has 11 heteroatoms. The minimum Gasteiger partial charge on any atom is -0.480 e. The number of carboxylic acid groups (broad SMARTS) is 1. The van der Waals surface area contributed by atoms with Crippen molar-refractivity contribution in [3.05, 3.63) is 36.0 Å². The van der Waals surface area contributed by atoms with Gasteiger partial charge in [-0.25, -0.2) is 4.79 Å². The van der Waals surface area contributed by atoms with Crippen LogP contribution < -0.4 is 21.7 Å². The molecule has 0 radical (unpaired) electrons. The molecule has 0 saturated carbocycles.